The molecule has 0 spiro atoms. The van der Waals surface area contributed by atoms with Crippen LogP contribution in [0.1, 0.15) is 17.5 Å². The molecule has 1 N–H and O–H groups in total. The third-order valence-electron chi connectivity index (χ3n) is 3.80. The van der Waals surface area contributed by atoms with Gasteiger partial charge in [0.15, 0.2) is 0 Å². The van der Waals surface area contributed by atoms with Crippen molar-refractivity contribution in [1.82, 2.24) is 4.98 Å². The molecule has 1 aliphatic rings. The summed E-state index contributed by atoms with van der Waals surface area (Å²) < 4.78 is 0. The number of benzene rings is 1. The van der Waals surface area contributed by atoms with Gasteiger partial charge in [-0.25, -0.2) is 4.98 Å². The molecular weight excluding hydrogens is 296 g/mol. The van der Waals surface area contributed by atoms with Gasteiger partial charge in [0.2, 0.25) is 5.91 Å². The normalized spacial score (nSPS) is 13.8. The fourth-order valence-corrected chi connectivity index (χ4v) is 3.57. The zero-order chi connectivity index (χ0) is 15.5. The van der Waals surface area contributed by atoms with Crippen LogP contribution in [0.4, 0.5) is 5.69 Å². The number of thioether (sulfide) groups is 1. The van der Waals surface area contributed by atoms with Gasteiger partial charge in [0, 0.05) is 18.4 Å². The zero-order valence-corrected chi connectivity index (χ0v) is 13.3. The first-order valence-corrected chi connectivity index (χ1v) is 8.31. The van der Waals surface area contributed by atoms with E-state index < -0.39 is 0 Å². The lowest BCUT2D eigenvalue weighted by molar-refractivity contribution is -0.116. The van der Waals surface area contributed by atoms with Crippen molar-refractivity contribution in [2.24, 2.45) is 0 Å². The van der Waals surface area contributed by atoms with Crippen molar-refractivity contribution in [2.75, 3.05) is 17.2 Å². The summed E-state index contributed by atoms with van der Waals surface area (Å²) in [5.74, 6) is 0.457. The van der Waals surface area contributed by atoms with Gasteiger partial charge in [0.05, 0.1) is 5.75 Å². The van der Waals surface area contributed by atoms with E-state index in [2.05, 4.69) is 11.1 Å². The van der Waals surface area contributed by atoms with Crippen LogP contribution in [0.25, 0.3) is 0 Å². The van der Waals surface area contributed by atoms with Crippen molar-refractivity contribution in [3.8, 4) is 5.75 Å². The maximum absolute atomic E-state index is 12.6. The lowest BCUT2D eigenvalue weighted by Crippen LogP contribution is -2.37. The number of carbonyl (C=O) groups is 1. The van der Waals surface area contributed by atoms with Gasteiger partial charge in [-0.3, -0.25) is 4.79 Å². The Morgan fingerprint density at radius 3 is 3.05 bits per heavy atom. The molecule has 5 heteroatoms. The molecule has 3 rings (SSSR count). The molecule has 2 aromatic rings. The standard InChI is InChI=1S/C17H18N2O2S/c1-12-5-2-6-13-7-4-10-19(16(12)13)15(21)11-22-17-14(20)8-3-9-18-17/h2-3,5-6,8-9,20H,4,7,10-11H2,1H3. The fraction of sp³-hybridized carbons (Fsp3) is 0.294. The predicted octanol–water partition coefficient (Wildman–Crippen LogP) is 3.17. The minimum Gasteiger partial charge on any atom is -0.505 e. The van der Waals surface area contributed by atoms with E-state index >= 15 is 0 Å². The van der Waals surface area contributed by atoms with Gasteiger partial charge in [0.1, 0.15) is 10.8 Å². The highest BCUT2D eigenvalue weighted by molar-refractivity contribution is 8.00. The Balaban J connectivity index is 1.76. The van der Waals surface area contributed by atoms with E-state index in [0.29, 0.717) is 5.03 Å². The molecule has 2 heterocycles. The smallest absolute Gasteiger partial charge is 0.237 e. The van der Waals surface area contributed by atoms with Crippen LogP contribution >= 0.6 is 11.8 Å². The number of aromatic nitrogens is 1. The average molecular weight is 314 g/mol. The quantitative estimate of drug-likeness (QED) is 0.884. The maximum Gasteiger partial charge on any atom is 0.237 e. The molecule has 22 heavy (non-hydrogen) atoms. The number of fused-ring (bicyclic) bond motifs is 1. The number of hydrogen-bond donors (Lipinski definition) is 1. The maximum atomic E-state index is 12.6. The molecule has 0 radical (unpaired) electrons. The summed E-state index contributed by atoms with van der Waals surface area (Å²) in [6, 6.07) is 9.44. The molecule has 0 fully saturated rings. The average Bonchev–Trinajstić information content (AvgIpc) is 2.53. The van der Waals surface area contributed by atoms with Crippen molar-refractivity contribution in [3.05, 3.63) is 47.7 Å². The Morgan fingerprint density at radius 2 is 2.23 bits per heavy atom. The molecule has 1 aromatic heterocycles. The van der Waals surface area contributed by atoms with Crippen molar-refractivity contribution < 1.29 is 9.90 Å². The lowest BCUT2D eigenvalue weighted by atomic mass is 9.98. The summed E-state index contributed by atoms with van der Waals surface area (Å²) in [5, 5.41) is 10.2. The molecule has 1 aromatic carbocycles. The number of aromatic hydroxyl groups is 1. The number of pyridine rings is 1. The summed E-state index contributed by atoms with van der Waals surface area (Å²) in [5.41, 5.74) is 3.44. The molecule has 114 valence electrons. The topological polar surface area (TPSA) is 53.4 Å². The van der Waals surface area contributed by atoms with Gasteiger partial charge >= 0.3 is 0 Å². The number of carbonyl (C=O) groups excluding carboxylic acids is 1. The molecule has 0 unspecified atom stereocenters. The van der Waals surface area contributed by atoms with Gasteiger partial charge in [-0.1, -0.05) is 30.0 Å². The van der Waals surface area contributed by atoms with Crippen LogP contribution in [0, 0.1) is 6.92 Å². The number of amides is 1. The van der Waals surface area contributed by atoms with E-state index in [1.165, 1.54) is 17.3 Å². The minimum atomic E-state index is 0.0605. The summed E-state index contributed by atoms with van der Waals surface area (Å²) in [6.45, 7) is 2.80. The third kappa shape index (κ3) is 2.95. The molecule has 0 aliphatic carbocycles. The molecule has 0 atom stereocenters. The molecule has 4 nitrogen and oxygen atoms in total. The number of rotatable bonds is 3. The highest BCUT2D eigenvalue weighted by atomic mass is 32.2. The Kier molecular flexibility index (Phi) is 4.34. The van der Waals surface area contributed by atoms with Crippen LogP contribution in [0.2, 0.25) is 0 Å². The Hall–Kier alpha value is -2.01. The van der Waals surface area contributed by atoms with Gasteiger partial charge in [-0.2, -0.15) is 0 Å². The van der Waals surface area contributed by atoms with E-state index in [0.717, 1.165) is 30.6 Å². The van der Waals surface area contributed by atoms with E-state index in [1.807, 2.05) is 24.0 Å². The first kappa shape index (κ1) is 14.9. The molecule has 1 amide bonds. The van der Waals surface area contributed by atoms with Crippen molar-refractivity contribution in [2.45, 2.75) is 24.8 Å². The van der Waals surface area contributed by atoms with Gasteiger partial charge in [0.25, 0.3) is 0 Å². The van der Waals surface area contributed by atoms with Crippen molar-refractivity contribution >= 4 is 23.4 Å². The molecule has 0 bridgehead atoms. The van der Waals surface area contributed by atoms with Gasteiger partial charge in [-0.15, -0.1) is 0 Å². The number of hydrogen-bond acceptors (Lipinski definition) is 4. The van der Waals surface area contributed by atoms with E-state index in [4.69, 9.17) is 0 Å². The van der Waals surface area contributed by atoms with Crippen LogP contribution in [0.5, 0.6) is 5.75 Å². The Morgan fingerprint density at radius 1 is 1.36 bits per heavy atom. The number of nitrogens with zero attached hydrogens (tertiary/aromatic N) is 2. The van der Waals surface area contributed by atoms with E-state index in [-0.39, 0.29) is 17.4 Å². The molecule has 1 aliphatic heterocycles. The van der Waals surface area contributed by atoms with E-state index in [9.17, 15) is 9.90 Å². The summed E-state index contributed by atoms with van der Waals surface area (Å²) in [7, 11) is 0. The molecular formula is C17H18N2O2S. The lowest BCUT2D eigenvalue weighted by Gasteiger charge is -2.31. The van der Waals surface area contributed by atoms with Crippen molar-refractivity contribution in [1.29, 1.82) is 0 Å². The van der Waals surface area contributed by atoms with Crippen LogP contribution in [0.3, 0.4) is 0 Å². The first-order chi connectivity index (χ1) is 10.7. The summed E-state index contributed by atoms with van der Waals surface area (Å²) >= 11 is 1.28. The van der Waals surface area contributed by atoms with E-state index in [1.54, 1.807) is 18.3 Å². The monoisotopic (exact) mass is 314 g/mol. The van der Waals surface area contributed by atoms with Crippen LogP contribution < -0.4 is 4.90 Å². The summed E-state index contributed by atoms with van der Waals surface area (Å²) in [4.78, 5) is 18.6. The van der Waals surface area contributed by atoms with Crippen molar-refractivity contribution in [3.63, 3.8) is 0 Å². The Bertz CT molecular complexity index is 703. The van der Waals surface area contributed by atoms with Gasteiger partial charge in [-0.05, 0) is 43.0 Å². The zero-order valence-electron chi connectivity index (χ0n) is 12.5. The second-order valence-corrected chi connectivity index (χ2v) is 6.31. The minimum absolute atomic E-state index is 0.0605. The second kappa shape index (κ2) is 6.40. The third-order valence-corrected chi connectivity index (χ3v) is 4.78. The first-order valence-electron chi connectivity index (χ1n) is 7.32. The van der Waals surface area contributed by atoms with Crippen LogP contribution in [-0.2, 0) is 11.2 Å². The largest absolute Gasteiger partial charge is 0.505 e. The highest BCUT2D eigenvalue weighted by Gasteiger charge is 2.24. The Labute approximate surface area is 134 Å². The molecule has 0 saturated heterocycles. The van der Waals surface area contributed by atoms with Crippen LogP contribution in [-0.4, -0.2) is 28.3 Å². The SMILES string of the molecule is Cc1cccc2c1N(C(=O)CSc1ncccc1O)CCC2. The van der Waals surface area contributed by atoms with Gasteiger partial charge < -0.3 is 10.0 Å². The molecule has 0 saturated carbocycles. The number of aryl methyl sites for hydroxylation is 2. The summed E-state index contributed by atoms with van der Waals surface area (Å²) in [6.07, 6.45) is 3.63. The number of anilines is 1. The highest BCUT2D eigenvalue weighted by Crippen LogP contribution is 2.32. The van der Waals surface area contributed by atoms with Crippen LogP contribution in [0.15, 0.2) is 41.6 Å². The second-order valence-electron chi connectivity index (χ2n) is 5.35. The predicted molar refractivity (Wildman–Crippen MR) is 88.5 cm³/mol. The number of para-hydroxylation sites is 1. The fourth-order valence-electron chi connectivity index (χ4n) is 2.80.